The highest BCUT2D eigenvalue weighted by Gasteiger charge is 2.32. The minimum Gasteiger partial charge on any atom is -0.359 e. The Balaban J connectivity index is 2.20. The van der Waals surface area contributed by atoms with E-state index in [0.717, 1.165) is 6.07 Å². The highest BCUT2D eigenvalue weighted by molar-refractivity contribution is 5.96. The lowest BCUT2D eigenvalue weighted by Crippen LogP contribution is -2.35. The first-order valence-electron chi connectivity index (χ1n) is 9.35. The van der Waals surface area contributed by atoms with Crippen molar-refractivity contribution in [2.45, 2.75) is 65.1 Å². The molecule has 0 unspecified atom stereocenters. The molecule has 0 radical (unpaired) electrons. The van der Waals surface area contributed by atoms with Crippen LogP contribution >= 0.6 is 0 Å². The van der Waals surface area contributed by atoms with E-state index >= 15 is 0 Å². The molecule has 2 heterocycles. The lowest BCUT2D eigenvalue weighted by atomic mass is 9.93. The van der Waals surface area contributed by atoms with Gasteiger partial charge in [0.05, 0.1) is 5.56 Å². The number of halogens is 3. The smallest absolute Gasteiger partial charge is 0.359 e. The summed E-state index contributed by atoms with van der Waals surface area (Å²) in [4.78, 5) is 27.9. The fourth-order valence-electron chi connectivity index (χ4n) is 2.56. The van der Waals surface area contributed by atoms with E-state index < -0.39 is 23.7 Å². The van der Waals surface area contributed by atoms with Gasteiger partial charge in [-0.25, -0.2) is 4.98 Å². The summed E-state index contributed by atoms with van der Waals surface area (Å²) >= 11 is 0. The molecule has 7 nitrogen and oxygen atoms in total. The van der Waals surface area contributed by atoms with Gasteiger partial charge in [-0.05, 0) is 31.9 Å². The van der Waals surface area contributed by atoms with Crippen molar-refractivity contribution in [1.29, 1.82) is 0 Å². The zero-order valence-electron chi connectivity index (χ0n) is 17.5. The molecule has 2 N–H and O–H groups in total. The van der Waals surface area contributed by atoms with Crippen LogP contribution < -0.4 is 10.6 Å². The van der Waals surface area contributed by atoms with Crippen molar-refractivity contribution < 1.29 is 27.3 Å². The molecule has 10 heteroatoms. The summed E-state index contributed by atoms with van der Waals surface area (Å²) < 4.78 is 43.8. The summed E-state index contributed by atoms with van der Waals surface area (Å²) in [6.07, 6.45) is -3.58. The zero-order chi connectivity index (χ0) is 22.7. The molecule has 0 aliphatic carbocycles. The van der Waals surface area contributed by atoms with E-state index in [1.54, 1.807) is 6.07 Å². The van der Waals surface area contributed by atoms with Crippen LogP contribution in [0.25, 0.3) is 0 Å². The van der Waals surface area contributed by atoms with Crippen LogP contribution in [0.4, 0.5) is 24.8 Å². The number of ketones is 1. The maximum Gasteiger partial charge on any atom is 0.417 e. The average molecular weight is 426 g/mol. The lowest BCUT2D eigenvalue weighted by Gasteiger charge is -2.19. The molecule has 1 amide bonds. The molecule has 2 aromatic rings. The standard InChI is InChI=1S/C20H25F3N4O3/c1-11-8-13(20(21,22)23)10-24-17(11)25-14(7-6-12(2)28)18(29)26-16-9-15(30-27-16)19(3,4)5/h8-10,14H,6-7H2,1-5H3,(H,24,25)(H,26,27,29)/t14-/m0/s1. The summed E-state index contributed by atoms with van der Waals surface area (Å²) in [6, 6.07) is 1.64. The molecular weight excluding hydrogens is 401 g/mol. The van der Waals surface area contributed by atoms with Gasteiger partial charge in [-0.15, -0.1) is 0 Å². The maximum atomic E-state index is 12.9. The van der Waals surface area contributed by atoms with Crippen molar-refractivity contribution in [3.63, 3.8) is 0 Å². The van der Waals surface area contributed by atoms with Crippen molar-refractivity contribution in [2.24, 2.45) is 0 Å². The van der Waals surface area contributed by atoms with Crippen LogP contribution in [0.1, 0.15) is 57.4 Å². The van der Waals surface area contributed by atoms with Gasteiger partial charge in [0.25, 0.3) is 0 Å². The van der Waals surface area contributed by atoms with Gasteiger partial charge in [0.15, 0.2) is 5.82 Å². The minimum atomic E-state index is -4.51. The number of aryl methyl sites for hydroxylation is 1. The van der Waals surface area contributed by atoms with Crippen molar-refractivity contribution in [1.82, 2.24) is 10.1 Å². The fourth-order valence-corrected chi connectivity index (χ4v) is 2.56. The van der Waals surface area contributed by atoms with Gasteiger partial charge >= 0.3 is 6.18 Å². The summed E-state index contributed by atoms with van der Waals surface area (Å²) in [6.45, 7) is 8.63. The Morgan fingerprint density at radius 3 is 2.37 bits per heavy atom. The zero-order valence-corrected chi connectivity index (χ0v) is 17.5. The summed E-state index contributed by atoms with van der Waals surface area (Å²) in [7, 11) is 0. The van der Waals surface area contributed by atoms with Crippen LogP contribution in [0.5, 0.6) is 0 Å². The third kappa shape index (κ3) is 6.30. The Morgan fingerprint density at radius 1 is 1.20 bits per heavy atom. The molecule has 2 rings (SSSR count). The molecule has 1 atom stereocenters. The Kier molecular flexibility index (Phi) is 6.89. The summed E-state index contributed by atoms with van der Waals surface area (Å²) in [5.74, 6) is 0.277. The molecule has 0 spiro atoms. The number of anilines is 2. The van der Waals surface area contributed by atoms with Crippen LogP contribution in [-0.4, -0.2) is 27.9 Å². The number of aromatic nitrogens is 2. The quantitative estimate of drug-likeness (QED) is 0.677. The molecule has 0 fully saturated rings. The van der Waals surface area contributed by atoms with E-state index in [-0.39, 0.29) is 41.2 Å². The van der Waals surface area contributed by atoms with E-state index in [0.29, 0.717) is 12.0 Å². The summed E-state index contributed by atoms with van der Waals surface area (Å²) in [5.41, 5.74) is -0.960. The number of hydrogen-bond acceptors (Lipinski definition) is 6. The number of nitrogens with zero attached hydrogens (tertiary/aromatic N) is 2. The minimum absolute atomic E-state index is 0.108. The van der Waals surface area contributed by atoms with E-state index in [4.69, 9.17) is 4.52 Å². The van der Waals surface area contributed by atoms with E-state index in [1.165, 1.54) is 13.8 Å². The van der Waals surface area contributed by atoms with Crippen molar-refractivity contribution in [2.75, 3.05) is 10.6 Å². The van der Waals surface area contributed by atoms with Gasteiger partial charge in [0, 0.05) is 24.1 Å². The molecule has 0 saturated carbocycles. The number of alkyl halides is 3. The van der Waals surface area contributed by atoms with Crippen molar-refractivity contribution in [3.8, 4) is 0 Å². The first-order chi connectivity index (χ1) is 13.8. The van der Waals surface area contributed by atoms with E-state index in [9.17, 15) is 22.8 Å². The highest BCUT2D eigenvalue weighted by Crippen LogP contribution is 2.30. The molecule has 164 valence electrons. The van der Waals surface area contributed by atoms with Crippen molar-refractivity contribution in [3.05, 3.63) is 35.2 Å². The van der Waals surface area contributed by atoms with Gasteiger partial charge in [-0.2, -0.15) is 13.2 Å². The van der Waals surface area contributed by atoms with Gasteiger partial charge in [-0.3, -0.25) is 4.79 Å². The van der Waals surface area contributed by atoms with Crippen LogP contribution in [0, 0.1) is 6.92 Å². The number of Topliss-reactive ketones (excluding diaryl/α,β-unsaturated/α-hetero) is 1. The van der Waals surface area contributed by atoms with Crippen LogP contribution in [0.2, 0.25) is 0 Å². The number of nitrogens with one attached hydrogen (secondary N) is 2. The highest BCUT2D eigenvalue weighted by atomic mass is 19.4. The van der Waals surface area contributed by atoms with E-state index in [2.05, 4.69) is 20.8 Å². The Hall–Kier alpha value is -2.91. The van der Waals surface area contributed by atoms with Gasteiger partial charge < -0.3 is 20.0 Å². The molecule has 30 heavy (non-hydrogen) atoms. The molecule has 2 aromatic heterocycles. The normalized spacial score (nSPS) is 13.1. The number of carbonyl (C=O) groups excluding carboxylic acids is 2. The Bertz CT molecular complexity index is 917. The second kappa shape index (κ2) is 8.85. The van der Waals surface area contributed by atoms with E-state index in [1.807, 2.05) is 20.8 Å². The molecular formula is C20H25F3N4O3. The SMILES string of the molecule is CC(=O)CC[C@H](Nc1ncc(C(F)(F)F)cc1C)C(=O)Nc1cc(C(C)(C)C)on1. The molecule has 0 aromatic carbocycles. The third-order valence-electron chi connectivity index (χ3n) is 4.32. The van der Waals surface area contributed by atoms with Gasteiger partial charge in [0.2, 0.25) is 5.91 Å². The average Bonchev–Trinajstić information content (AvgIpc) is 3.07. The predicted octanol–water partition coefficient (Wildman–Crippen LogP) is 4.48. The largest absolute Gasteiger partial charge is 0.417 e. The Morgan fingerprint density at radius 2 is 1.87 bits per heavy atom. The number of rotatable bonds is 7. The molecule has 0 bridgehead atoms. The van der Waals surface area contributed by atoms with Gasteiger partial charge in [-0.1, -0.05) is 25.9 Å². The third-order valence-corrected chi connectivity index (χ3v) is 4.32. The first-order valence-corrected chi connectivity index (χ1v) is 9.35. The monoisotopic (exact) mass is 426 g/mol. The second-order valence-electron chi connectivity index (χ2n) is 8.14. The van der Waals surface area contributed by atoms with Gasteiger partial charge in [0.1, 0.15) is 23.4 Å². The second-order valence-corrected chi connectivity index (χ2v) is 8.14. The van der Waals surface area contributed by atoms with Crippen LogP contribution in [0.3, 0.4) is 0 Å². The number of carbonyl (C=O) groups is 2. The fraction of sp³-hybridized carbons (Fsp3) is 0.500. The number of amides is 1. The van der Waals surface area contributed by atoms with Crippen LogP contribution in [0.15, 0.2) is 22.9 Å². The first kappa shape index (κ1) is 23.4. The van der Waals surface area contributed by atoms with Crippen LogP contribution in [-0.2, 0) is 21.2 Å². The lowest BCUT2D eigenvalue weighted by molar-refractivity contribution is -0.137. The molecule has 0 saturated heterocycles. The predicted molar refractivity (Wildman–Crippen MR) is 105 cm³/mol. The number of hydrogen-bond donors (Lipinski definition) is 2. The molecule has 0 aliphatic rings. The number of pyridine rings is 1. The summed E-state index contributed by atoms with van der Waals surface area (Å²) in [5, 5.41) is 9.27. The molecule has 0 aliphatic heterocycles. The van der Waals surface area contributed by atoms with Crippen molar-refractivity contribution >= 4 is 23.3 Å². The maximum absolute atomic E-state index is 12.9. The Labute approximate surface area is 172 Å². The topological polar surface area (TPSA) is 97.1 Å².